The minimum atomic E-state index is 0.306. The summed E-state index contributed by atoms with van der Waals surface area (Å²) in [7, 11) is 1.61. The molecule has 1 atom stereocenters. The second kappa shape index (κ2) is 1.45. The first kappa shape index (κ1) is 4.50. The van der Waals surface area contributed by atoms with Gasteiger partial charge >= 0.3 is 0 Å². The van der Waals surface area contributed by atoms with Gasteiger partial charge in [-0.3, -0.25) is 0 Å². The van der Waals surface area contributed by atoms with Gasteiger partial charge in [0.1, 0.15) is 6.26 Å². The molecule has 1 heterocycles. The van der Waals surface area contributed by atoms with Gasteiger partial charge in [-0.1, -0.05) is 0 Å². The van der Waals surface area contributed by atoms with E-state index in [4.69, 9.17) is 4.74 Å². The summed E-state index contributed by atoms with van der Waals surface area (Å²) in [4.78, 5) is 0. The molecule has 1 fully saturated rings. The maximum Gasteiger partial charge on any atom is 0.172 e. The quantitative estimate of drug-likeness (QED) is 0.360. The molecule has 0 N–H and O–H groups in total. The van der Waals surface area contributed by atoms with Crippen LogP contribution in [0.15, 0.2) is 12.0 Å². The van der Waals surface area contributed by atoms with Crippen LogP contribution in [-0.4, -0.2) is 13.2 Å². The molecule has 7 heavy (non-hydrogen) atoms. The molecule has 0 aromatic heterocycles. The van der Waals surface area contributed by atoms with Gasteiger partial charge in [-0.25, -0.2) is 0 Å². The third-order valence-corrected chi connectivity index (χ3v) is 0.890. The van der Waals surface area contributed by atoms with Crippen molar-refractivity contribution in [2.24, 2.45) is 0 Å². The molecule has 1 unspecified atom stereocenters. The van der Waals surface area contributed by atoms with Crippen molar-refractivity contribution in [3.8, 4) is 0 Å². The number of epoxide rings is 1. The second-order valence-corrected chi connectivity index (χ2v) is 1.52. The molecule has 0 aromatic rings. The molecule has 2 nitrogen and oxygen atoms in total. The van der Waals surface area contributed by atoms with E-state index in [1.807, 2.05) is 6.92 Å². The monoisotopic (exact) mass is 100 g/mol. The van der Waals surface area contributed by atoms with Crippen molar-refractivity contribution < 1.29 is 9.47 Å². The zero-order valence-electron chi connectivity index (χ0n) is 4.47. The molecule has 1 rings (SSSR count). The highest BCUT2D eigenvalue weighted by atomic mass is 16.6. The van der Waals surface area contributed by atoms with Crippen LogP contribution in [0.5, 0.6) is 0 Å². The zero-order chi connectivity index (χ0) is 5.28. The smallest absolute Gasteiger partial charge is 0.172 e. The van der Waals surface area contributed by atoms with Crippen molar-refractivity contribution in [3.63, 3.8) is 0 Å². The first-order valence-electron chi connectivity index (χ1n) is 2.24. The van der Waals surface area contributed by atoms with E-state index in [2.05, 4.69) is 4.74 Å². The van der Waals surface area contributed by atoms with Crippen molar-refractivity contribution in [2.75, 3.05) is 7.11 Å². The molecule has 1 aliphatic rings. The lowest BCUT2D eigenvalue weighted by atomic mass is 10.5. The van der Waals surface area contributed by atoms with Crippen LogP contribution in [-0.2, 0) is 9.47 Å². The first-order valence-corrected chi connectivity index (χ1v) is 2.24. The molecule has 1 saturated heterocycles. The van der Waals surface area contributed by atoms with Crippen molar-refractivity contribution in [1.82, 2.24) is 0 Å². The van der Waals surface area contributed by atoms with Crippen LogP contribution in [0, 0.1) is 0 Å². The lowest BCUT2D eigenvalue weighted by Crippen LogP contribution is -1.66. The lowest BCUT2D eigenvalue weighted by Gasteiger charge is -1.76. The lowest BCUT2D eigenvalue weighted by molar-refractivity contribution is 0.327. The van der Waals surface area contributed by atoms with Crippen LogP contribution in [0.25, 0.3) is 0 Å². The number of rotatable bonds is 1. The van der Waals surface area contributed by atoms with Crippen molar-refractivity contribution >= 4 is 0 Å². The second-order valence-electron chi connectivity index (χ2n) is 1.52. The van der Waals surface area contributed by atoms with Gasteiger partial charge in [0.2, 0.25) is 0 Å². The Morgan fingerprint density at radius 2 is 2.43 bits per heavy atom. The van der Waals surface area contributed by atoms with Crippen LogP contribution in [0.3, 0.4) is 0 Å². The minimum absolute atomic E-state index is 0.306. The summed E-state index contributed by atoms with van der Waals surface area (Å²) in [5, 5.41) is 0. The average molecular weight is 100 g/mol. The van der Waals surface area contributed by atoms with Crippen molar-refractivity contribution in [2.45, 2.75) is 13.0 Å². The van der Waals surface area contributed by atoms with E-state index in [1.165, 1.54) is 0 Å². The molecular weight excluding hydrogens is 92.1 g/mol. The summed E-state index contributed by atoms with van der Waals surface area (Å²) < 4.78 is 9.54. The Balaban J connectivity index is 2.30. The maximum absolute atomic E-state index is 4.89. The van der Waals surface area contributed by atoms with Crippen LogP contribution in [0.4, 0.5) is 0 Å². The van der Waals surface area contributed by atoms with Gasteiger partial charge in [0.05, 0.1) is 7.11 Å². The number of hydrogen-bond acceptors (Lipinski definition) is 2. The van der Waals surface area contributed by atoms with Gasteiger partial charge in [-0.2, -0.15) is 0 Å². The van der Waals surface area contributed by atoms with Gasteiger partial charge in [0, 0.05) is 0 Å². The van der Waals surface area contributed by atoms with Crippen LogP contribution >= 0.6 is 0 Å². The van der Waals surface area contributed by atoms with Crippen LogP contribution in [0.2, 0.25) is 0 Å². The minimum Gasteiger partial charge on any atom is -0.501 e. The van der Waals surface area contributed by atoms with Crippen LogP contribution < -0.4 is 0 Å². The topological polar surface area (TPSA) is 21.8 Å². The number of ether oxygens (including phenoxy) is 2. The van der Waals surface area contributed by atoms with E-state index in [0.717, 1.165) is 5.76 Å². The highest BCUT2D eigenvalue weighted by Crippen LogP contribution is 2.24. The van der Waals surface area contributed by atoms with E-state index in [-0.39, 0.29) is 0 Å². The SMILES string of the molecule is COC=C1OC1C. The van der Waals surface area contributed by atoms with Gasteiger partial charge in [0.25, 0.3) is 0 Å². The van der Waals surface area contributed by atoms with Gasteiger partial charge < -0.3 is 9.47 Å². The van der Waals surface area contributed by atoms with Gasteiger partial charge in [-0.05, 0) is 6.92 Å². The molecule has 0 aliphatic carbocycles. The standard InChI is InChI=1S/C5H8O2/c1-4-5(7-4)3-6-2/h3-4H,1-2H3. The predicted octanol–water partition coefficient (Wildman–Crippen LogP) is 0.893. The highest BCUT2D eigenvalue weighted by molar-refractivity contribution is 5.08. The summed E-state index contributed by atoms with van der Waals surface area (Å²) in [5.41, 5.74) is 0. The van der Waals surface area contributed by atoms with Gasteiger partial charge in [0.15, 0.2) is 11.9 Å². The van der Waals surface area contributed by atoms with E-state index < -0.39 is 0 Å². The highest BCUT2D eigenvalue weighted by Gasteiger charge is 2.26. The number of methoxy groups -OCH3 is 1. The third kappa shape index (κ3) is 0.856. The summed E-state index contributed by atoms with van der Waals surface area (Å²) in [6, 6.07) is 0. The fourth-order valence-electron chi connectivity index (χ4n) is 0.410. The Morgan fingerprint density at radius 3 is 2.57 bits per heavy atom. The molecule has 0 radical (unpaired) electrons. The maximum atomic E-state index is 4.89. The van der Waals surface area contributed by atoms with E-state index in [1.54, 1.807) is 13.4 Å². The Bertz CT molecular complexity index is 96.3. The van der Waals surface area contributed by atoms with Gasteiger partial charge in [-0.15, -0.1) is 0 Å². The Kier molecular flexibility index (Phi) is 0.929. The fraction of sp³-hybridized carbons (Fsp3) is 0.600. The van der Waals surface area contributed by atoms with Crippen molar-refractivity contribution in [3.05, 3.63) is 12.0 Å². The molecular formula is C5H8O2. The molecule has 40 valence electrons. The summed E-state index contributed by atoms with van der Waals surface area (Å²) in [6.45, 7) is 1.98. The fourth-order valence-corrected chi connectivity index (χ4v) is 0.410. The molecule has 0 aromatic carbocycles. The average Bonchev–Trinajstić information content (AvgIpc) is 2.22. The summed E-state index contributed by atoms with van der Waals surface area (Å²) in [6.07, 6.45) is 1.92. The number of hydrogen-bond donors (Lipinski definition) is 0. The molecule has 0 bridgehead atoms. The zero-order valence-corrected chi connectivity index (χ0v) is 4.47. The molecule has 0 spiro atoms. The van der Waals surface area contributed by atoms with E-state index >= 15 is 0 Å². The largest absolute Gasteiger partial charge is 0.501 e. The summed E-state index contributed by atoms with van der Waals surface area (Å²) in [5.74, 6) is 0.947. The Labute approximate surface area is 42.7 Å². The van der Waals surface area contributed by atoms with Crippen molar-refractivity contribution in [1.29, 1.82) is 0 Å². The third-order valence-electron chi connectivity index (χ3n) is 0.890. The summed E-state index contributed by atoms with van der Waals surface area (Å²) >= 11 is 0. The normalized spacial score (nSPS) is 32.3. The molecule has 0 saturated carbocycles. The van der Waals surface area contributed by atoms with Crippen LogP contribution in [0.1, 0.15) is 6.92 Å². The Morgan fingerprint density at radius 1 is 1.86 bits per heavy atom. The Hall–Kier alpha value is -0.660. The molecule has 0 amide bonds. The predicted molar refractivity (Wildman–Crippen MR) is 25.6 cm³/mol. The molecule has 1 aliphatic heterocycles. The first-order chi connectivity index (χ1) is 3.34. The van der Waals surface area contributed by atoms with E-state index in [9.17, 15) is 0 Å². The van der Waals surface area contributed by atoms with E-state index in [0.29, 0.717) is 6.10 Å². The molecule has 2 heteroatoms.